The molecule has 1 heterocycles. The van der Waals surface area contributed by atoms with Crippen LogP contribution in [0, 0.1) is 17.0 Å². The maximum atomic E-state index is 11.2. The Kier molecular flexibility index (Phi) is 2.68. The van der Waals surface area contributed by atoms with Crippen LogP contribution in [0.4, 0.5) is 11.4 Å². The highest BCUT2D eigenvalue weighted by molar-refractivity contribution is 5.96. The number of aryl methyl sites for hydroxylation is 1. The van der Waals surface area contributed by atoms with Gasteiger partial charge in [-0.3, -0.25) is 10.1 Å². The molecule has 3 rings (SSSR count). The second-order valence-electron chi connectivity index (χ2n) is 4.59. The van der Waals surface area contributed by atoms with Gasteiger partial charge >= 0.3 is 0 Å². The molecule has 0 saturated heterocycles. The maximum absolute atomic E-state index is 11.2. The zero-order chi connectivity index (χ0) is 14.3. The summed E-state index contributed by atoms with van der Waals surface area (Å²) < 4.78 is 5.77. The van der Waals surface area contributed by atoms with E-state index in [1.807, 2.05) is 37.3 Å². The molecule has 0 aliphatic carbocycles. The van der Waals surface area contributed by atoms with Crippen LogP contribution in [0.1, 0.15) is 5.56 Å². The smallest absolute Gasteiger partial charge is 0.282 e. The Labute approximate surface area is 114 Å². The van der Waals surface area contributed by atoms with Gasteiger partial charge in [-0.25, -0.2) is 0 Å². The average Bonchev–Trinajstić information content (AvgIpc) is 2.76. The van der Waals surface area contributed by atoms with Crippen LogP contribution in [0.5, 0.6) is 0 Å². The van der Waals surface area contributed by atoms with Crippen molar-refractivity contribution in [1.29, 1.82) is 0 Å². The number of nitro groups is 1. The first-order valence-electron chi connectivity index (χ1n) is 6.10. The number of nitrogens with zero attached hydrogens (tertiary/aromatic N) is 1. The van der Waals surface area contributed by atoms with Crippen LogP contribution < -0.4 is 5.73 Å². The van der Waals surface area contributed by atoms with Gasteiger partial charge in [0, 0.05) is 28.9 Å². The Morgan fingerprint density at radius 2 is 1.90 bits per heavy atom. The second kappa shape index (κ2) is 4.38. The lowest BCUT2D eigenvalue weighted by Gasteiger charge is -1.97. The molecule has 0 unspecified atom stereocenters. The molecule has 5 nitrogen and oxygen atoms in total. The molecule has 1 aromatic heterocycles. The Morgan fingerprint density at radius 1 is 1.20 bits per heavy atom. The van der Waals surface area contributed by atoms with Gasteiger partial charge in [0.2, 0.25) is 0 Å². The van der Waals surface area contributed by atoms with Crippen molar-refractivity contribution >= 4 is 22.3 Å². The van der Waals surface area contributed by atoms with Crippen LogP contribution in [0.2, 0.25) is 0 Å². The summed E-state index contributed by atoms with van der Waals surface area (Å²) in [6.07, 6.45) is 0. The number of non-ortho nitro benzene ring substituents is 1. The average molecular weight is 268 g/mol. The first-order valence-corrected chi connectivity index (χ1v) is 6.10. The van der Waals surface area contributed by atoms with Gasteiger partial charge in [-0.1, -0.05) is 30.3 Å². The van der Waals surface area contributed by atoms with Crippen LogP contribution in [0.25, 0.3) is 22.3 Å². The molecule has 3 aromatic rings. The van der Waals surface area contributed by atoms with Gasteiger partial charge < -0.3 is 10.2 Å². The summed E-state index contributed by atoms with van der Waals surface area (Å²) in [5, 5.41) is 11.7. The van der Waals surface area contributed by atoms with Crippen LogP contribution in [-0.4, -0.2) is 4.92 Å². The van der Waals surface area contributed by atoms with E-state index >= 15 is 0 Å². The number of hydrogen-bond acceptors (Lipinski definition) is 4. The fourth-order valence-corrected chi connectivity index (χ4v) is 2.39. The fraction of sp³-hybridized carbons (Fsp3) is 0.0667. The van der Waals surface area contributed by atoms with E-state index in [4.69, 9.17) is 10.2 Å². The Morgan fingerprint density at radius 3 is 2.55 bits per heavy atom. The van der Waals surface area contributed by atoms with E-state index in [0.29, 0.717) is 22.4 Å². The molecule has 100 valence electrons. The van der Waals surface area contributed by atoms with Crippen molar-refractivity contribution in [2.24, 2.45) is 0 Å². The molecule has 0 saturated carbocycles. The molecule has 0 bridgehead atoms. The first kappa shape index (κ1) is 12.2. The molecule has 0 fully saturated rings. The lowest BCUT2D eigenvalue weighted by molar-refractivity contribution is -0.383. The van der Waals surface area contributed by atoms with Gasteiger partial charge in [-0.15, -0.1) is 0 Å². The van der Waals surface area contributed by atoms with Crippen molar-refractivity contribution in [3.63, 3.8) is 0 Å². The quantitative estimate of drug-likeness (QED) is 0.434. The molecule has 0 radical (unpaired) electrons. The lowest BCUT2D eigenvalue weighted by atomic mass is 10.1. The number of furan rings is 1. The molecule has 20 heavy (non-hydrogen) atoms. The third-order valence-electron chi connectivity index (χ3n) is 3.26. The van der Waals surface area contributed by atoms with E-state index < -0.39 is 4.92 Å². The summed E-state index contributed by atoms with van der Waals surface area (Å²) >= 11 is 0. The number of rotatable bonds is 2. The monoisotopic (exact) mass is 268 g/mol. The number of nitrogen functional groups attached to an aromatic ring is 1. The highest BCUT2D eigenvalue weighted by Crippen LogP contribution is 2.39. The minimum absolute atomic E-state index is 0.0246. The zero-order valence-corrected chi connectivity index (χ0v) is 10.8. The number of benzene rings is 2. The lowest BCUT2D eigenvalue weighted by Crippen LogP contribution is -1.92. The van der Waals surface area contributed by atoms with Crippen molar-refractivity contribution in [1.82, 2.24) is 0 Å². The number of nitrogens with two attached hydrogens (primary N) is 1. The van der Waals surface area contributed by atoms with Crippen LogP contribution in [-0.2, 0) is 0 Å². The number of nitro benzene ring substituents is 1. The number of fused-ring (bicyclic) bond motifs is 1. The van der Waals surface area contributed by atoms with Gasteiger partial charge in [-0.2, -0.15) is 0 Å². The van der Waals surface area contributed by atoms with Crippen molar-refractivity contribution in [2.45, 2.75) is 6.92 Å². The van der Waals surface area contributed by atoms with Gasteiger partial charge in [0.25, 0.3) is 5.69 Å². The summed E-state index contributed by atoms with van der Waals surface area (Å²) in [5.74, 6) is 0.634. The first-order chi connectivity index (χ1) is 9.58. The van der Waals surface area contributed by atoms with Crippen molar-refractivity contribution < 1.29 is 9.34 Å². The summed E-state index contributed by atoms with van der Waals surface area (Å²) in [6, 6.07) is 12.5. The molecule has 0 aliphatic heterocycles. The van der Waals surface area contributed by atoms with Crippen LogP contribution in [0.3, 0.4) is 0 Å². The molecule has 0 spiro atoms. The molecular weight excluding hydrogens is 256 g/mol. The predicted molar refractivity (Wildman–Crippen MR) is 77.5 cm³/mol. The van der Waals surface area contributed by atoms with E-state index in [1.165, 1.54) is 6.07 Å². The molecule has 2 N–H and O–H groups in total. The summed E-state index contributed by atoms with van der Waals surface area (Å²) in [4.78, 5) is 10.7. The van der Waals surface area contributed by atoms with Crippen molar-refractivity contribution in [3.05, 3.63) is 58.1 Å². The molecule has 2 aromatic carbocycles. The Balaban J connectivity index is 2.36. The summed E-state index contributed by atoms with van der Waals surface area (Å²) in [5.41, 5.74) is 8.06. The van der Waals surface area contributed by atoms with Crippen molar-refractivity contribution in [2.75, 3.05) is 5.73 Å². The number of anilines is 1. The highest BCUT2D eigenvalue weighted by atomic mass is 16.6. The van der Waals surface area contributed by atoms with Crippen molar-refractivity contribution in [3.8, 4) is 11.3 Å². The minimum atomic E-state index is -0.435. The topological polar surface area (TPSA) is 82.3 Å². The van der Waals surface area contributed by atoms with E-state index in [-0.39, 0.29) is 5.69 Å². The third kappa shape index (κ3) is 1.80. The Bertz CT molecular complexity index is 807. The highest BCUT2D eigenvalue weighted by Gasteiger charge is 2.22. The fourth-order valence-electron chi connectivity index (χ4n) is 2.39. The number of hydrogen-bond donors (Lipinski definition) is 1. The molecule has 0 aliphatic rings. The van der Waals surface area contributed by atoms with Gasteiger partial charge in [-0.05, 0) is 6.92 Å². The summed E-state index contributed by atoms with van der Waals surface area (Å²) in [6.45, 7) is 1.82. The third-order valence-corrected chi connectivity index (χ3v) is 3.26. The zero-order valence-electron chi connectivity index (χ0n) is 10.8. The normalized spacial score (nSPS) is 10.8. The van der Waals surface area contributed by atoms with Gasteiger partial charge in [0.15, 0.2) is 0 Å². The van der Waals surface area contributed by atoms with Crippen LogP contribution >= 0.6 is 0 Å². The largest absolute Gasteiger partial charge is 0.455 e. The Hall–Kier alpha value is -2.82. The van der Waals surface area contributed by atoms with Gasteiger partial charge in [0.1, 0.15) is 16.7 Å². The summed E-state index contributed by atoms with van der Waals surface area (Å²) in [7, 11) is 0. The van der Waals surface area contributed by atoms with Gasteiger partial charge in [0.05, 0.1) is 4.92 Å². The van der Waals surface area contributed by atoms with E-state index in [1.54, 1.807) is 6.07 Å². The minimum Gasteiger partial charge on any atom is -0.455 e. The van der Waals surface area contributed by atoms with E-state index in [9.17, 15) is 10.1 Å². The predicted octanol–water partition coefficient (Wildman–Crippen LogP) is 3.90. The van der Waals surface area contributed by atoms with E-state index in [0.717, 1.165) is 11.1 Å². The van der Waals surface area contributed by atoms with E-state index in [2.05, 4.69) is 0 Å². The molecule has 5 heteroatoms. The molecule has 0 amide bonds. The maximum Gasteiger partial charge on any atom is 0.282 e. The molecular formula is C15H12N2O3. The SMILES string of the molecule is Cc1c(-c2ccccc2)oc2cc(N)cc([N+](=O)[O-])c12. The second-order valence-corrected chi connectivity index (χ2v) is 4.59. The molecule has 0 atom stereocenters. The standard InChI is InChI=1S/C15H12N2O3/c1-9-14-12(17(18)19)7-11(16)8-13(14)20-15(9)10-5-3-2-4-6-10/h2-8H,16H2,1H3. The van der Waals surface area contributed by atoms with Crippen LogP contribution in [0.15, 0.2) is 46.9 Å².